The van der Waals surface area contributed by atoms with Gasteiger partial charge in [-0.2, -0.15) is 0 Å². The second kappa shape index (κ2) is 12.9. The molecule has 8 nitrogen and oxygen atoms in total. The molecule has 0 aliphatic heterocycles. The highest BCUT2D eigenvalue weighted by Crippen LogP contribution is 2.28. The van der Waals surface area contributed by atoms with Crippen LogP contribution in [0, 0.1) is 0 Å². The summed E-state index contributed by atoms with van der Waals surface area (Å²) < 4.78 is 15.7. The van der Waals surface area contributed by atoms with Gasteiger partial charge in [0.1, 0.15) is 0 Å². The van der Waals surface area contributed by atoms with Crippen LogP contribution in [-0.2, 0) is 14.3 Å². The van der Waals surface area contributed by atoms with Crippen LogP contribution < -0.4 is 14.8 Å². The van der Waals surface area contributed by atoms with Crippen molar-refractivity contribution in [3.8, 4) is 11.5 Å². The number of esters is 1. The van der Waals surface area contributed by atoms with Crippen molar-refractivity contribution in [3.05, 3.63) is 59.7 Å². The first-order valence-corrected chi connectivity index (χ1v) is 10.7. The van der Waals surface area contributed by atoms with Crippen molar-refractivity contribution in [2.75, 3.05) is 38.7 Å². The Labute approximate surface area is 194 Å². The number of carbonyl (C=O) groups is 3. The SMILES string of the molecule is C/C=C/c1ccc(OCC(=O)OCC(=O)Nc2cccc(C(=O)N(CC)CC)c2)c(OC)c1. The molecule has 176 valence electrons. The lowest BCUT2D eigenvalue weighted by Crippen LogP contribution is -2.30. The molecule has 2 rings (SSSR count). The maximum Gasteiger partial charge on any atom is 0.344 e. The molecule has 33 heavy (non-hydrogen) atoms. The molecular formula is C25H30N2O6. The van der Waals surface area contributed by atoms with E-state index in [0.717, 1.165) is 5.56 Å². The van der Waals surface area contributed by atoms with Crippen molar-refractivity contribution in [2.45, 2.75) is 20.8 Å². The third-order valence-electron chi connectivity index (χ3n) is 4.70. The van der Waals surface area contributed by atoms with E-state index >= 15 is 0 Å². The summed E-state index contributed by atoms with van der Waals surface area (Å²) in [7, 11) is 1.51. The first-order valence-electron chi connectivity index (χ1n) is 10.7. The molecule has 2 aromatic carbocycles. The molecule has 0 saturated carbocycles. The largest absolute Gasteiger partial charge is 0.493 e. The molecule has 8 heteroatoms. The molecule has 1 N–H and O–H groups in total. The highest BCUT2D eigenvalue weighted by molar-refractivity contribution is 5.97. The number of nitrogens with zero attached hydrogens (tertiary/aromatic N) is 1. The van der Waals surface area contributed by atoms with Gasteiger partial charge in [0.2, 0.25) is 0 Å². The van der Waals surface area contributed by atoms with Crippen LogP contribution in [0.4, 0.5) is 5.69 Å². The molecule has 0 aliphatic carbocycles. The molecule has 0 aromatic heterocycles. The first kappa shape index (κ1) is 25.5. The van der Waals surface area contributed by atoms with Gasteiger partial charge in [0.15, 0.2) is 24.7 Å². The Morgan fingerprint density at radius 3 is 2.42 bits per heavy atom. The number of benzene rings is 2. The third kappa shape index (κ3) is 7.68. The number of amides is 2. The lowest BCUT2D eigenvalue weighted by atomic mass is 10.1. The number of rotatable bonds is 11. The molecule has 0 bridgehead atoms. The fourth-order valence-corrected chi connectivity index (χ4v) is 3.04. The molecule has 2 aromatic rings. The van der Waals surface area contributed by atoms with Crippen molar-refractivity contribution in [1.29, 1.82) is 0 Å². The van der Waals surface area contributed by atoms with Crippen LogP contribution in [0.5, 0.6) is 11.5 Å². The maximum absolute atomic E-state index is 12.5. The van der Waals surface area contributed by atoms with Crippen molar-refractivity contribution in [1.82, 2.24) is 4.90 Å². The number of hydrogen-bond acceptors (Lipinski definition) is 6. The van der Waals surface area contributed by atoms with E-state index in [-0.39, 0.29) is 12.5 Å². The first-order chi connectivity index (χ1) is 15.9. The Kier molecular flexibility index (Phi) is 9.95. The number of nitrogens with one attached hydrogen (secondary N) is 1. The van der Waals surface area contributed by atoms with E-state index in [0.29, 0.717) is 35.8 Å². The van der Waals surface area contributed by atoms with Crippen LogP contribution in [0.15, 0.2) is 48.5 Å². The number of hydrogen-bond donors (Lipinski definition) is 1. The lowest BCUT2D eigenvalue weighted by Gasteiger charge is -2.19. The van der Waals surface area contributed by atoms with Crippen molar-refractivity contribution in [2.24, 2.45) is 0 Å². The topological polar surface area (TPSA) is 94.2 Å². The second-order valence-corrected chi connectivity index (χ2v) is 6.97. The maximum atomic E-state index is 12.5. The zero-order valence-corrected chi connectivity index (χ0v) is 19.4. The van der Waals surface area contributed by atoms with Gasteiger partial charge in [-0.25, -0.2) is 4.79 Å². The predicted molar refractivity (Wildman–Crippen MR) is 126 cm³/mol. The Morgan fingerprint density at radius 2 is 1.76 bits per heavy atom. The van der Waals surface area contributed by atoms with Gasteiger partial charge in [0.05, 0.1) is 7.11 Å². The number of anilines is 1. The minimum absolute atomic E-state index is 0.117. The molecule has 2 amide bonds. The Bertz CT molecular complexity index is 998. The second-order valence-electron chi connectivity index (χ2n) is 6.97. The van der Waals surface area contributed by atoms with E-state index in [9.17, 15) is 14.4 Å². The Morgan fingerprint density at radius 1 is 1.00 bits per heavy atom. The van der Waals surface area contributed by atoms with Crippen LogP contribution >= 0.6 is 0 Å². The molecule has 0 fully saturated rings. The van der Waals surface area contributed by atoms with E-state index < -0.39 is 18.5 Å². The van der Waals surface area contributed by atoms with Crippen LogP contribution in [0.2, 0.25) is 0 Å². The summed E-state index contributed by atoms with van der Waals surface area (Å²) in [5, 5.41) is 2.62. The minimum atomic E-state index is -0.699. The lowest BCUT2D eigenvalue weighted by molar-refractivity contribution is -0.149. The van der Waals surface area contributed by atoms with Gasteiger partial charge in [-0.15, -0.1) is 0 Å². The Balaban J connectivity index is 1.86. The van der Waals surface area contributed by atoms with E-state index in [1.54, 1.807) is 41.3 Å². The highest BCUT2D eigenvalue weighted by Gasteiger charge is 2.14. The molecule has 0 saturated heterocycles. The van der Waals surface area contributed by atoms with E-state index in [4.69, 9.17) is 14.2 Å². The number of allylic oxidation sites excluding steroid dienone is 1. The van der Waals surface area contributed by atoms with Gasteiger partial charge in [0.25, 0.3) is 11.8 Å². The summed E-state index contributed by atoms with van der Waals surface area (Å²) in [6, 6.07) is 11.9. The fourth-order valence-electron chi connectivity index (χ4n) is 3.04. The Hall–Kier alpha value is -3.81. The number of methoxy groups -OCH3 is 1. The molecule has 0 aliphatic rings. The summed E-state index contributed by atoms with van der Waals surface area (Å²) in [4.78, 5) is 38.3. The molecule has 0 heterocycles. The average molecular weight is 455 g/mol. The highest BCUT2D eigenvalue weighted by atomic mass is 16.6. The smallest absolute Gasteiger partial charge is 0.344 e. The zero-order valence-electron chi connectivity index (χ0n) is 19.4. The average Bonchev–Trinajstić information content (AvgIpc) is 2.82. The summed E-state index contributed by atoms with van der Waals surface area (Å²) in [5.41, 5.74) is 1.84. The van der Waals surface area contributed by atoms with Crippen molar-refractivity contribution >= 4 is 29.5 Å². The summed E-state index contributed by atoms with van der Waals surface area (Å²) in [5.74, 6) is -0.467. The van der Waals surface area contributed by atoms with Crippen LogP contribution in [0.3, 0.4) is 0 Å². The van der Waals surface area contributed by atoms with Gasteiger partial charge in [-0.05, 0) is 56.7 Å². The van der Waals surface area contributed by atoms with Crippen LogP contribution in [0.1, 0.15) is 36.7 Å². The van der Waals surface area contributed by atoms with Gasteiger partial charge in [0, 0.05) is 24.3 Å². The minimum Gasteiger partial charge on any atom is -0.493 e. The summed E-state index contributed by atoms with van der Waals surface area (Å²) in [6.45, 7) is 6.05. The molecule has 0 spiro atoms. The van der Waals surface area contributed by atoms with E-state index in [1.807, 2.05) is 39.0 Å². The summed E-state index contributed by atoms with van der Waals surface area (Å²) >= 11 is 0. The van der Waals surface area contributed by atoms with Crippen molar-refractivity contribution < 1.29 is 28.6 Å². The van der Waals surface area contributed by atoms with Crippen LogP contribution in [-0.4, -0.2) is 56.1 Å². The molecule has 0 radical (unpaired) electrons. The van der Waals surface area contributed by atoms with E-state index in [2.05, 4.69) is 5.32 Å². The molecule has 0 unspecified atom stereocenters. The monoisotopic (exact) mass is 454 g/mol. The number of carbonyl (C=O) groups excluding carboxylic acids is 3. The van der Waals surface area contributed by atoms with Gasteiger partial charge < -0.3 is 24.4 Å². The standard InChI is InChI=1S/C25H30N2O6/c1-5-9-18-12-13-21(22(14-18)31-4)32-17-24(29)33-16-23(28)26-20-11-8-10-19(15-20)25(30)27(6-2)7-3/h5,8-15H,6-7,16-17H2,1-4H3,(H,26,28)/b9-5+. The molecular weight excluding hydrogens is 424 g/mol. The van der Waals surface area contributed by atoms with Crippen molar-refractivity contribution in [3.63, 3.8) is 0 Å². The normalized spacial score (nSPS) is 10.5. The van der Waals surface area contributed by atoms with Gasteiger partial charge >= 0.3 is 5.97 Å². The van der Waals surface area contributed by atoms with Crippen LogP contribution in [0.25, 0.3) is 6.08 Å². The third-order valence-corrected chi connectivity index (χ3v) is 4.70. The van der Waals surface area contributed by atoms with Gasteiger partial charge in [-0.3, -0.25) is 9.59 Å². The fraction of sp³-hybridized carbons (Fsp3) is 0.320. The van der Waals surface area contributed by atoms with Gasteiger partial charge in [-0.1, -0.05) is 24.3 Å². The zero-order chi connectivity index (χ0) is 24.2. The predicted octanol–water partition coefficient (Wildman–Crippen LogP) is 3.77. The quantitative estimate of drug-likeness (QED) is 0.520. The molecule has 0 atom stereocenters. The van der Waals surface area contributed by atoms with E-state index in [1.165, 1.54) is 7.11 Å². The summed E-state index contributed by atoms with van der Waals surface area (Å²) in [6.07, 6.45) is 3.81. The number of ether oxygens (including phenoxy) is 3.